The van der Waals surface area contributed by atoms with Crippen LogP contribution in [0.25, 0.3) is 49.7 Å². The normalized spacial score (nSPS) is 14.2. The Kier molecular flexibility index (Phi) is 3.31. The van der Waals surface area contributed by atoms with E-state index in [-0.39, 0.29) is 5.41 Å². The lowest BCUT2D eigenvalue weighted by atomic mass is 9.82. The second kappa shape index (κ2) is 6.01. The molecule has 4 nitrogen and oxygen atoms in total. The highest BCUT2D eigenvalue weighted by atomic mass is 15.2. The van der Waals surface area contributed by atoms with Gasteiger partial charge < -0.3 is 0 Å². The van der Waals surface area contributed by atoms with Crippen molar-refractivity contribution in [2.45, 2.75) is 19.3 Å². The lowest BCUT2D eigenvalue weighted by Crippen LogP contribution is -2.14. The molecule has 7 rings (SSSR count). The van der Waals surface area contributed by atoms with Crippen LogP contribution in [-0.2, 0) is 5.41 Å². The SMILES string of the molecule is CC1(C)c2ccc3ccccc3c2-c2c1ccc1c2c2ccccc2n1-c1ncncn1. The van der Waals surface area contributed by atoms with Gasteiger partial charge in [-0.3, -0.25) is 4.57 Å². The summed E-state index contributed by atoms with van der Waals surface area (Å²) in [5, 5.41) is 5.06. The topological polar surface area (TPSA) is 43.6 Å². The van der Waals surface area contributed by atoms with Crippen molar-refractivity contribution in [3.63, 3.8) is 0 Å². The van der Waals surface area contributed by atoms with E-state index in [9.17, 15) is 0 Å². The van der Waals surface area contributed by atoms with Crippen molar-refractivity contribution in [3.8, 4) is 17.1 Å². The van der Waals surface area contributed by atoms with Crippen LogP contribution in [0, 0.1) is 0 Å². The van der Waals surface area contributed by atoms with E-state index < -0.39 is 0 Å². The third-order valence-corrected chi connectivity index (χ3v) is 7.04. The Morgan fingerprint density at radius 3 is 2.19 bits per heavy atom. The van der Waals surface area contributed by atoms with Gasteiger partial charge in [-0.1, -0.05) is 74.5 Å². The molecule has 2 heterocycles. The van der Waals surface area contributed by atoms with E-state index in [1.54, 1.807) is 12.7 Å². The summed E-state index contributed by atoms with van der Waals surface area (Å²) < 4.78 is 2.16. The zero-order valence-corrected chi connectivity index (χ0v) is 17.9. The van der Waals surface area contributed by atoms with Crippen molar-refractivity contribution in [1.29, 1.82) is 0 Å². The van der Waals surface area contributed by atoms with E-state index in [1.165, 1.54) is 43.8 Å². The van der Waals surface area contributed by atoms with Gasteiger partial charge in [0.1, 0.15) is 12.7 Å². The maximum Gasteiger partial charge on any atom is 0.237 e. The molecule has 0 saturated carbocycles. The molecule has 4 aromatic carbocycles. The molecule has 152 valence electrons. The molecular formula is C28H20N4. The fraction of sp³-hybridized carbons (Fsp3) is 0.107. The molecule has 0 saturated heterocycles. The zero-order chi connectivity index (χ0) is 21.4. The molecule has 0 unspecified atom stereocenters. The minimum atomic E-state index is -0.0702. The van der Waals surface area contributed by atoms with Crippen LogP contribution in [0.5, 0.6) is 0 Å². The van der Waals surface area contributed by atoms with Crippen LogP contribution < -0.4 is 0 Å². The molecule has 0 spiro atoms. The Bertz CT molecular complexity index is 1690. The maximum atomic E-state index is 4.48. The number of hydrogen-bond acceptors (Lipinski definition) is 3. The number of para-hydroxylation sites is 1. The summed E-state index contributed by atoms with van der Waals surface area (Å²) >= 11 is 0. The number of fused-ring (bicyclic) bond motifs is 9. The summed E-state index contributed by atoms with van der Waals surface area (Å²) in [6.45, 7) is 4.67. The zero-order valence-electron chi connectivity index (χ0n) is 17.9. The number of benzene rings is 4. The van der Waals surface area contributed by atoms with E-state index in [0.29, 0.717) is 5.95 Å². The second-order valence-corrected chi connectivity index (χ2v) is 9.01. The monoisotopic (exact) mass is 412 g/mol. The van der Waals surface area contributed by atoms with Crippen LogP contribution in [0.1, 0.15) is 25.0 Å². The van der Waals surface area contributed by atoms with E-state index >= 15 is 0 Å². The first-order valence-electron chi connectivity index (χ1n) is 10.9. The first kappa shape index (κ1) is 17.6. The molecule has 6 aromatic rings. The molecule has 0 bridgehead atoms. The van der Waals surface area contributed by atoms with Crippen LogP contribution >= 0.6 is 0 Å². The van der Waals surface area contributed by atoms with Crippen molar-refractivity contribution >= 4 is 32.6 Å². The summed E-state index contributed by atoms with van der Waals surface area (Å²) in [6.07, 6.45) is 3.12. The minimum absolute atomic E-state index is 0.0702. The molecule has 2 aromatic heterocycles. The van der Waals surface area contributed by atoms with Crippen LogP contribution in [0.4, 0.5) is 0 Å². The molecular weight excluding hydrogens is 392 g/mol. The number of hydrogen-bond donors (Lipinski definition) is 0. The van der Waals surface area contributed by atoms with Gasteiger partial charge in [0, 0.05) is 16.2 Å². The molecule has 1 aliphatic carbocycles. The Balaban J connectivity index is 1.74. The van der Waals surface area contributed by atoms with Gasteiger partial charge in [0.25, 0.3) is 0 Å². The average Bonchev–Trinajstić information content (AvgIpc) is 3.29. The minimum Gasteiger partial charge on any atom is -0.278 e. The summed E-state index contributed by atoms with van der Waals surface area (Å²) in [5.41, 5.74) is 7.60. The first-order chi connectivity index (χ1) is 15.7. The van der Waals surface area contributed by atoms with E-state index in [4.69, 9.17) is 0 Å². The highest BCUT2D eigenvalue weighted by Gasteiger charge is 2.38. The van der Waals surface area contributed by atoms with E-state index in [1.807, 2.05) is 0 Å². The Morgan fingerprint density at radius 2 is 1.34 bits per heavy atom. The first-order valence-corrected chi connectivity index (χ1v) is 10.9. The van der Waals surface area contributed by atoms with E-state index in [2.05, 4.69) is 106 Å². The quantitative estimate of drug-likeness (QED) is 0.313. The summed E-state index contributed by atoms with van der Waals surface area (Å²) in [5.74, 6) is 0.640. The number of nitrogens with zero attached hydrogens (tertiary/aromatic N) is 4. The molecule has 4 heteroatoms. The van der Waals surface area contributed by atoms with Crippen molar-refractivity contribution in [1.82, 2.24) is 19.5 Å². The van der Waals surface area contributed by atoms with Crippen LogP contribution in [0.15, 0.2) is 85.5 Å². The van der Waals surface area contributed by atoms with Gasteiger partial charge in [-0.05, 0) is 45.2 Å². The number of rotatable bonds is 1. The smallest absolute Gasteiger partial charge is 0.237 e. The fourth-order valence-corrected chi connectivity index (χ4v) is 5.61. The number of aromatic nitrogens is 4. The lowest BCUT2D eigenvalue weighted by Gasteiger charge is -2.21. The standard InChI is InChI=1S/C28H20N4/c1-28(2)20-12-11-17-7-3-4-8-18(17)24(20)26-21(28)13-14-23-25(26)19-9-5-6-10-22(19)32(23)27-30-15-29-16-31-27/h3-16H,1-2H3. The molecule has 0 amide bonds. The third-order valence-electron chi connectivity index (χ3n) is 7.04. The highest BCUT2D eigenvalue weighted by molar-refractivity contribution is 6.20. The Labute approximate surface area is 185 Å². The van der Waals surface area contributed by atoms with Crippen molar-refractivity contribution in [3.05, 3.63) is 96.6 Å². The molecule has 0 N–H and O–H groups in total. The predicted octanol–water partition coefficient (Wildman–Crippen LogP) is 6.43. The molecule has 0 radical (unpaired) electrons. The van der Waals surface area contributed by atoms with Gasteiger partial charge in [-0.25, -0.2) is 15.0 Å². The van der Waals surface area contributed by atoms with Gasteiger partial charge >= 0.3 is 0 Å². The van der Waals surface area contributed by atoms with Gasteiger partial charge in [-0.2, -0.15) is 0 Å². The van der Waals surface area contributed by atoms with E-state index in [0.717, 1.165) is 11.0 Å². The third kappa shape index (κ3) is 2.09. The summed E-state index contributed by atoms with van der Waals surface area (Å²) in [6, 6.07) is 26.4. The predicted molar refractivity (Wildman–Crippen MR) is 129 cm³/mol. The van der Waals surface area contributed by atoms with Crippen LogP contribution in [0.2, 0.25) is 0 Å². The molecule has 32 heavy (non-hydrogen) atoms. The van der Waals surface area contributed by atoms with Crippen molar-refractivity contribution < 1.29 is 0 Å². The molecule has 0 aliphatic heterocycles. The van der Waals surface area contributed by atoms with Gasteiger partial charge in [0.2, 0.25) is 5.95 Å². The maximum absolute atomic E-state index is 4.48. The van der Waals surface area contributed by atoms with Gasteiger partial charge in [0.05, 0.1) is 11.0 Å². The lowest BCUT2D eigenvalue weighted by molar-refractivity contribution is 0.661. The Morgan fingerprint density at radius 1 is 0.656 bits per heavy atom. The van der Waals surface area contributed by atoms with Crippen LogP contribution in [0.3, 0.4) is 0 Å². The summed E-state index contributed by atoms with van der Waals surface area (Å²) in [7, 11) is 0. The largest absolute Gasteiger partial charge is 0.278 e. The second-order valence-electron chi connectivity index (χ2n) is 9.01. The fourth-order valence-electron chi connectivity index (χ4n) is 5.61. The molecule has 1 aliphatic rings. The van der Waals surface area contributed by atoms with Crippen molar-refractivity contribution in [2.75, 3.05) is 0 Å². The summed E-state index contributed by atoms with van der Waals surface area (Å²) in [4.78, 5) is 13.0. The Hall–Kier alpha value is -4.05. The van der Waals surface area contributed by atoms with Gasteiger partial charge in [0.15, 0.2) is 0 Å². The molecule has 0 fully saturated rings. The highest BCUT2D eigenvalue weighted by Crippen LogP contribution is 2.55. The van der Waals surface area contributed by atoms with Crippen LogP contribution in [-0.4, -0.2) is 19.5 Å². The molecule has 0 atom stereocenters. The van der Waals surface area contributed by atoms with Gasteiger partial charge in [-0.15, -0.1) is 0 Å². The average molecular weight is 412 g/mol. The van der Waals surface area contributed by atoms with Crippen molar-refractivity contribution in [2.24, 2.45) is 0 Å².